The van der Waals surface area contributed by atoms with Crippen LogP contribution in [0.3, 0.4) is 0 Å². The quantitative estimate of drug-likeness (QED) is 0.763. The van der Waals surface area contributed by atoms with E-state index in [2.05, 4.69) is 12.2 Å². The van der Waals surface area contributed by atoms with Crippen molar-refractivity contribution in [2.45, 2.75) is 26.7 Å². The molecule has 146 valence electrons. The summed E-state index contributed by atoms with van der Waals surface area (Å²) in [6.45, 7) is 5.58. The molecule has 28 heavy (non-hydrogen) atoms. The molecule has 0 atom stereocenters. The Hall–Kier alpha value is -2.59. The molecule has 0 bridgehead atoms. The number of carbonyl (C=O) groups is 2. The average molecular weight is 397 g/mol. The van der Waals surface area contributed by atoms with Gasteiger partial charge in [-0.15, -0.1) is 0 Å². The van der Waals surface area contributed by atoms with Crippen molar-refractivity contribution < 1.29 is 9.59 Å². The first kappa shape index (κ1) is 20.2. The van der Waals surface area contributed by atoms with E-state index in [9.17, 15) is 9.59 Å². The van der Waals surface area contributed by atoms with Gasteiger partial charge in [0.2, 0.25) is 0 Å². The fourth-order valence-electron chi connectivity index (χ4n) is 3.16. The van der Waals surface area contributed by atoms with Crippen LogP contribution in [0.4, 0.5) is 0 Å². The van der Waals surface area contributed by atoms with Crippen LogP contribution in [0.2, 0.25) is 5.02 Å². The Morgan fingerprint density at radius 3 is 2.25 bits per heavy atom. The van der Waals surface area contributed by atoms with E-state index in [0.29, 0.717) is 29.6 Å². The van der Waals surface area contributed by atoms with Gasteiger partial charge in [0.15, 0.2) is 0 Å². The summed E-state index contributed by atoms with van der Waals surface area (Å²) in [5.41, 5.74) is 2.68. The van der Waals surface area contributed by atoms with E-state index in [4.69, 9.17) is 11.6 Å². The molecule has 0 saturated carbocycles. The summed E-state index contributed by atoms with van der Waals surface area (Å²) in [5.74, 6) is 0.177. The molecular formula is C23H25ClN2O2. The Morgan fingerprint density at radius 1 is 1.04 bits per heavy atom. The number of hydrogen-bond acceptors (Lipinski definition) is 2. The van der Waals surface area contributed by atoms with Crippen molar-refractivity contribution in [3.05, 3.63) is 75.9 Å². The standard InChI is InChI=1S/C23H25ClN2O2/c1-16-3-7-19(8-4-16)22(27)25-21(15-18-5-9-20(24)10-6-18)23(28)26-13-11-17(2)12-14-26/h3-10,15,17H,11-14H2,1-2H3,(H,25,27). The van der Waals surface area contributed by atoms with Crippen LogP contribution in [-0.2, 0) is 4.79 Å². The second-order valence-corrected chi connectivity index (χ2v) is 7.84. The maximum absolute atomic E-state index is 13.1. The summed E-state index contributed by atoms with van der Waals surface area (Å²) in [4.78, 5) is 27.6. The van der Waals surface area contributed by atoms with Gasteiger partial charge in [0.05, 0.1) is 0 Å². The molecule has 1 aliphatic rings. The first-order valence-corrected chi connectivity index (χ1v) is 9.95. The highest BCUT2D eigenvalue weighted by Crippen LogP contribution is 2.19. The monoisotopic (exact) mass is 396 g/mol. The minimum absolute atomic E-state index is 0.151. The van der Waals surface area contributed by atoms with Crippen molar-refractivity contribution >= 4 is 29.5 Å². The summed E-state index contributed by atoms with van der Waals surface area (Å²) >= 11 is 5.96. The fraction of sp³-hybridized carbons (Fsp3) is 0.304. The number of benzene rings is 2. The van der Waals surface area contributed by atoms with Crippen LogP contribution in [0, 0.1) is 12.8 Å². The predicted molar refractivity (Wildman–Crippen MR) is 113 cm³/mol. The van der Waals surface area contributed by atoms with Crippen molar-refractivity contribution in [3.8, 4) is 0 Å². The summed E-state index contributed by atoms with van der Waals surface area (Å²) in [6, 6.07) is 14.5. The number of rotatable bonds is 4. The summed E-state index contributed by atoms with van der Waals surface area (Å²) in [7, 11) is 0. The molecule has 0 aromatic heterocycles. The molecule has 5 heteroatoms. The third kappa shape index (κ3) is 5.23. The molecule has 0 radical (unpaired) electrons. The summed E-state index contributed by atoms with van der Waals surface area (Å²) in [5, 5.41) is 3.45. The van der Waals surface area contributed by atoms with Gasteiger partial charge in [-0.25, -0.2) is 0 Å². The lowest BCUT2D eigenvalue weighted by atomic mass is 9.99. The van der Waals surface area contributed by atoms with Crippen LogP contribution in [-0.4, -0.2) is 29.8 Å². The van der Waals surface area contributed by atoms with Gasteiger partial charge in [-0.2, -0.15) is 0 Å². The summed E-state index contributed by atoms with van der Waals surface area (Å²) < 4.78 is 0. The molecule has 1 N–H and O–H groups in total. The summed E-state index contributed by atoms with van der Waals surface area (Å²) in [6.07, 6.45) is 3.67. The van der Waals surface area contributed by atoms with Crippen LogP contribution in [0.1, 0.15) is 41.3 Å². The molecule has 1 aliphatic heterocycles. The average Bonchev–Trinajstić information content (AvgIpc) is 2.69. The Bertz CT molecular complexity index is 864. The smallest absolute Gasteiger partial charge is 0.270 e. The highest BCUT2D eigenvalue weighted by molar-refractivity contribution is 6.30. The number of amides is 2. The highest BCUT2D eigenvalue weighted by atomic mass is 35.5. The van der Waals surface area contributed by atoms with E-state index < -0.39 is 0 Å². The number of nitrogens with zero attached hydrogens (tertiary/aromatic N) is 1. The number of carbonyl (C=O) groups excluding carboxylic acids is 2. The molecule has 0 spiro atoms. The van der Waals surface area contributed by atoms with E-state index >= 15 is 0 Å². The maximum atomic E-state index is 13.1. The number of halogens is 1. The molecule has 1 saturated heterocycles. The third-order valence-electron chi connectivity index (χ3n) is 5.04. The van der Waals surface area contributed by atoms with Gasteiger partial charge in [-0.05, 0) is 61.6 Å². The molecule has 1 fully saturated rings. The van der Waals surface area contributed by atoms with Crippen LogP contribution in [0.5, 0.6) is 0 Å². The second kappa shape index (κ2) is 9.07. The van der Waals surface area contributed by atoms with Gasteiger partial charge in [0.1, 0.15) is 5.70 Å². The maximum Gasteiger partial charge on any atom is 0.270 e. The minimum atomic E-state index is -0.293. The minimum Gasteiger partial charge on any atom is -0.337 e. The largest absolute Gasteiger partial charge is 0.337 e. The van der Waals surface area contributed by atoms with Gasteiger partial charge in [0, 0.05) is 23.7 Å². The predicted octanol–water partition coefficient (Wildman–Crippen LogP) is 4.68. The topological polar surface area (TPSA) is 49.4 Å². The molecule has 2 aromatic rings. The highest BCUT2D eigenvalue weighted by Gasteiger charge is 2.24. The van der Waals surface area contributed by atoms with Crippen molar-refractivity contribution in [1.82, 2.24) is 10.2 Å². The lowest BCUT2D eigenvalue weighted by Crippen LogP contribution is -2.42. The molecule has 0 aliphatic carbocycles. The van der Waals surface area contributed by atoms with Crippen LogP contribution >= 0.6 is 11.6 Å². The van der Waals surface area contributed by atoms with Gasteiger partial charge in [-0.3, -0.25) is 9.59 Å². The van der Waals surface area contributed by atoms with Crippen LogP contribution < -0.4 is 5.32 Å². The lowest BCUT2D eigenvalue weighted by Gasteiger charge is -2.31. The van der Waals surface area contributed by atoms with E-state index in [-0.39, 0.29) is 17.5 Å². The van der Waals surface area contributed by atoms with Gasteiger partial charge < -0.3 is 10.2 Å². The number of piperidine rings is 1. The van der Waals surface area contributed by atoms with Gasteiger partial charge in [-0.1, -0.05) is 48.4 Å². The van der Waals surface area contributed by atoms with Crippen molar-refractivity contribution in [1.29, 1.82) is 0 Å². The van der Waals surface area contributed by atoms with Crippen LogP contribution in [0.25, 0.3) is 6.08 Å². The molecular weight excluding hydrogens is 372 g/mol. The van der Waals surface area contributed by atoms with Gasteiger partial charge >= 0.3 is 0 Å². The lowest BCUT2D eigenvalue weighted by molar-refractivity contribution is -0.128. The second-order valence-electron chi connectivity index (χ2n) is 7.40. The van der Waals surface area contributed by atoms with Crippen LogP contribution in [0.15, 0.2) is 54.2 Å². The van der Waals surface area contributed by atoms with Gasteiger partial charge in [0.25, 0.3) is 11.8 Å². The molecule has 0 unspecified atom stereocenters. The first-order valence-electron chi connectivity index (χ1n) is 9.57. The first-order chi connectivity index (χ1) is 13.4. The Balaban J connectivity index is 1.85. The van der Waals surface area contributed by atoms with Crippen molar-refractivity contribution in [3.63, 3.8) is 0 Å². The molecule has 2 aromatic carbocycles. The number of hydrogen-bond donors (Lipinski definition) is 1. The van der Waals surface area contributed by atoms with E-state index in [0.717, 1.165) is 24.0 Å². The SMILES string of the molecule is Cc1ccc(C(=O)NC(=Cc2ccc(Cl)cc2)C(=O)N2CCC(C)CC2)cc1. The number of likely N-dealkylation sites (tertiary alicyclic amines) is 1. The van der Waals surface area contributed by atoms with Crippen molar-refractivity contribution in [2.75, 3.05) is 13.1 Å². The third-order valence-corrected chi connectivity index (χ3v) is 5.30. The zero-order chi connectivity index (χ0) is 20.1. The van der Waals surface area contributed by atoms with E-state index in [1.165, 1.54) is 0 Å². The fourth-order valence-corrected chi connectivity index (χ4v) is 3.28. The molecule has 3 rings (SSSR count). The normalized spacial score (nSPS) is 15.4. The molecule has 1 heterocycles. The van der Waals surface area contributed by atoms with E-state index in [1.807, 2.05) is 36.1 Å². The Labute approximate surface area is 171 Å². The number of aryl methyl sites for hydroxylation is 1. The van der Waals surface area contributed by atoms with Crippen molar-refractivity contribution in [2.24, 2.45) is 5.92 Å². The zero-order valence-corrected chi connectivity index (χ0v) is 17.0. The molecule has 2 amide bonds. The Kier molecular flexibility index (Phi) is 6.53. The van der Waals surface area contributed by atoms with E-state index in [1.54, 1.807) is 30.3 Å². The molecule has 4 nitrogen and oxygen atoms in total. The number of nitrogens with one attached hydrogen (secondary N) is 1. The Morgan fingerprint density at radius 2 is 1.64 bits per heavy atom. The zero-order valence-electron chi connectivity index (χ0n) is 16.2.